The molecular formula is C32H38O4. The minimum atomic E-state index is -0.374. The summed E-state index contributed by atoms with van der Waals surface area (Å²) >= 11 is 0. The molecule has 3 aromatic carbocycles. The van der Waals surface area contributed by atoms with Crippen molar-refractivity contribution in [3.63, 3.8) is 0 Å². The molecule has 4 heteroatoms. The molecule has 0 saturated carbocycles. The normalized spacial score (nSPS) is 13.3. The van der Waals surface area contributed by atoms with Gasteiger partial charge in [-0.15, -0.1) is 0 Å². The molecule has 0 aliphatic carbocycles. The first-order valence-corrected chi connectivity index (χ1v) is 12.5. The van der Waals surface area contributed by atoms with Crippen molar-refractivity contribution in [1.82, 2.24) is 0 Å². The van der Waals surface area contributed by atoms with Crippen LogP contribution in [0, 0.1) is 12.0 Å². The lowest BCUT2D eigenvalue weighted by Gasteiger charge is -2.31. The predicted octanol–water partition coefficient (Wildman–Crippen LogP) is 7.20. The molecule has 0 radical (unpaired) electrons. The first-order chi connectivity index (χ1) is 17.1. The smallest absolute Gasteiger partial charge is 0.196 e. The van der Waals surface area contributed by atoms with Gasteiger partial charge in [-0.25, -0.2) is 0 Å². The fourth-order valence-electron chi connectivity index (χ4n) is 4.32. The number of ether oxygens (including phenoxy) is 3. The molecule has 0 aliphatic heterocycles. The van der Waals surface area contributed by atoms with Crippen molar-refractivity contribution in [2.45, 2.75) is 71.7 Å². The number of aliphatic hydroxyl groups excluding tert-OH is 1. The second-order valence-corrected chi connectivity index (χ2v) is 10.0. The minimum Gasteiger partial charge on any atom is -0.478 e. The van der Waals surface area contributed by atoms with Gasteiger partial charge in [-0.1, -0.05) is 76.2 Å². The van der Waals surface area contributed by atoms with Gasteiger partial charge in [0, 0.05) is 17.4 Å². The predicted molar refractivity (Wildman–Crippen MR) is 145 cm³/mol. The van der Waals surface area contributed by atoms with Crippen molar-refractivity contribution in [2.75, 3.05) is 6.61 Å². The first-order valence-electron chi connectivity index (χ1n) is 12.5. The van der Waals surface area contributed by atoms with E-state index in [2.05, 4.69) is 82.1 Å². The van der Waals surface area contributed by atoms with Crippen LogP contribution in [0.25, 0.3) is 0 Å². The summed E-state index contributed by atoms with van der Waals surface area (Å²) in [5, 5.41) is 8.75. The van der Waals surface area contributed by atoms with Crippen LogP contribution in [0.2, 0.25) is 0 Å². The Labute approximate surface area is 216 Å². The number of hydrogen-bond donors (Lipinski definition) is 1. The second kappa shape index (κ2) is 11.5. The second-order valence-electron chi connectivity index (χ2n) is 10.0. The van der Waals surface area contributed by atoms with Gasteiger partial charge < -0.3 is 19.3 Å². The van der Waals surface area contributed by atoms with Crippen LogP contribution in [-0.4, -0.2) is 24.1 Å². The topological polar surface area (TPSA) is 47.9 Å². The molecule has 0 amide bonds. The van der Waals surface area contributed by atoms with Crippen molar-refractivity contribution in [3.8, 4) is 23.5 Å². The summed E-state index contributed by atoms with van der Waals surface area (Å²) in [7, 11) is 0. The number of benzene rings is 3. The van der Waals surface area contributed by atoms with E-state index in [1.165, 1.54) is 22.3 Å². The molecule has 2 atom stereocenters. The molecule has 190 valence electrons. The molecule has 0 fully saturated rings. The zero-order valence-electron chi connectivity index (χ0n) is 22.5. The molecule has 0 aliphatic rings. The third kappa shape index (κ3) is 6.42. The van der Waals surface area contributed by atoms with Crippen molar-refractivity contribution < 1.29 is 19.3 Å². The Balaban J connectivity index is 1.82. The van der Waals surface area contributed by atoms with E-state index >= 15 is 0 Å². The summed E-state index contributed by atoms with van der Waals surface area (Å²) in [6.07, 6.45) is 1.26. The highest BCUT2D eigenvalue weighted by atomic mass is 16.7. The molecule has 0 bridgehead atoms. The van der Waals surface area contributed by atoms with Crippen LogP contribution >= 0.6 is 0 Å². The summed E-state index contributed by atoms with van der Waals surface area (Å²) in [6, 6.07) is 25.2. The van der Waals surface area contributed by atoms with Gasteiger partial charge in [0.05, 0.1) is 0 Å². The lowest BCUT2D eigenvalue weighted by Crippen LogP contribution is -2.23. The van der Waals surface area contributed by atoms with Crippen molar-refractivity contribution >= 4 is 0 Å². The zero-order chi connectivity index (χ0) is 26.3. The quantitative estimate of drug-likeness (QED) is 0.243. The maximum Gasteiger partial charge on any atom is 0.196 e. The standard InChI is InChI=1S/C32H38O4/c1-8-34-24(3)36-30-18-14-26(15-19-30)32(6,7)28-11-9-10-27(22-28)31(4,5)25-12-16-29(17-13-25)35-23(2)20-21-33/h9-19,22-24,33H,8H2,1-7H3. The van der Waals surface area contributed by atoms with E-state index in [-0.39, 0.29) is 23.2 Å². The van der Waals surface area contributed by atoms with Crippen LogP contribution in [0.3, 0.4) is 0 Å². The Kier molecular flexibility index (Phi) is 8.71. The third-order valence-corrected chi connectivity index (χ3v) is 6.74. The highest BCUT2D eigenvalue weighted by Gasteiger charge is 2.28. The molecular weight excluding hydrogens is 448 g/mol. The van der Waals surface area contributed by atoms with E-state index in [9.17, 15) is 0 Å². The van der Waals surface area contributed by atoms with Crippen molar-refractivity contribution in [2.24, 2.45) is 0 Å². The van der Waals surface area contributed by atoms with E-state index in [1.54, 1.807) is 6.92 Å². The van der Waals surface area contributed by atoms with Crippen molar-refractivity contribution in [3.05, 3.63) is 95.1 Å². The van der Waals surface area contributed by atoms with Crippen LogP contribution in [0.4, 0.5) is 0 Å². The SMILES string of the molecule is CCOC(C)Oc1ccc(C(C)(C)c2cccc(C(C)(C)c3ccc(OC(C)C#CO)cc3)c2)cc1. The largest absolute Gasteiger partial charge is 0.478 e. The Hall–Kier alpha value is -3.42. The van der Waals surface area contributed by atoms with Crippen LogP contribution in [0.1, 0.15) is 70.7 Å². The van der Waals surface area contributed by atoms with Crippen LogP contribution in [0.15, 0.2) is 72.8 Å². The van der Waals surface area contributed by atoms with E-state index < -0.39 is 0 Å². The molecule has 1 N–H and O–H groups in total. The van der Waals surface area contributed by atoms with E-state index in [0.717, 1.165) is 11.5 Å². The molecule has 2 unspecified atom stereocenters. The number of rotatable bonds is 10. The molecule has 3 rings (SSSR count). The Bertz CT molecular complexity index is 1180. The zero-order valence-corrected chi connectivity index (χ0v) is 22.5. The number of hydrogen-bond acceptors (Lipinski definition) is 4. The molecule has 0 spiro atoms. The highest BCUT2D eigenvalue weighted by Crippen LogP contribution is 2.37. The van der Waals surface area contributed by atoms with Gasteiger partial charge in [-0.05, 0) is 73.2 Å². The molecule has 0 heterocycles. The van der Waals surface area contributed by atoms with Gasteiger partial charge >= 0.3 is 0 Å². The summed E-state index contributed by atoms with van der Waals surface area (Å²) in [6.45, 7) is 15.3. The van der Waals surface area contributed by atoms with E-state index in [0.29, 0.717) is 6.61 Å². The summed E-state index contributed by atoms with van der Waals surface area (Å²) in [5.74, 6) is 4.11. The Morgan fingerprint density at radius 3 is 1.64 bits per heavy atom. The average molecular weight is 487 g/mol. The van der Waals surface area contributed by atoms with Crippen LogP contribution < -0.4 is 9.47 Å². The maximum absolute atomic E-state index is 8.75. The lowest BCUT2D eigenvalue weighted by molar-refractivity contribution is -0.0613. The van der Waals surface area contributed by atoms with Crippen LogP contribution in [-0.2, 0) is 15.6 Å². The average Bonchev–Trinajstić information content (AvgIpc) is 2.85. The van der Waals surface area contributed by atoms with E-state index in [4.69, 9.17) is 19.3 Å². The fourth-order valence-corrected chi connectivity index (χ4v) is 4.32. The summed E-state index contributed by atoms with van der Waals surface area (Å²) < 4.78 is 17.1. The van der Waals surface area contributed by atoms with Gasteiger partial charge in [0.15, 0.2) is 12.4 Å². The monoisotopic (exact) mass is 486 g/mol. The third-order valence-electron chi connectivity index (χ3n) is 6.74. The maximum atomic E-state index is 8.75. The van der Waals surface area contributed by atoms with Crippen LogP contribution in [0.5, 0.6) is 11.5 Å². The minimum absolute atomic E-state index is 0.183. The van der Waals surface area contributed by atoms with Gasteiger partial charge in [0.25, 0.3) is 0 Å². The molecule has 0 aromatic heterocycles. The molecule has 0 saturated heterocycles. The first kappa shape index (κ1) is 27.2. The fraction of sp³-hybridized carbons (Fsp3) is 0.375. The van der Waals surface area contributed by atoms with Crippen molar-refractivity contribution in [1.29, 1.82) is 0 Å². The molecule has 4 nitrogen and oxygen atoms in total. The van der Waals surface area contributed by atoms with Gasteiger partial charge in [-0.2, -0.15) is 0 Å². The highest BCUT2D eigenvalue weighted by molar-refractivity contribution is 5.46. The Morgan fingerprint density at radius 1 is 0.722 bits per heavy atom. The van der Waals surface area contributed by atoms with Gasteiger partial charge in [0.1, 0.15) is 17.6 Å². The molecule has 3 aromatic rings. The summed E-state index contributed by atoms with van der Waals surface area (Å²) in [4.78, 5) is 0. The molecule has 36 heavy (non-hydrogen) atoms. The Morgan fingerprint density at radius 2 is 1.19 bits per heavy atom. The number of aliphatic hydroxyl groups is 1. The van der Waals surface area contributed by atoms with Gasteiger partial charge in [-0.3, -0.25) is 0 Å². The van der Waals surface area contributed by atoms with E-state index in [1.807, 2.05) is 44.2 Å². The van der Waals surface area contributed by atoms with Gasteiger partial charge in [0.2, 0.25) is 0 Å². The summed E-state index contributed by atoms with van der Waals surface area (Å²) in [5.41, 5.74) is 4.52. The lowest BCUT2D eigenvalue weighted by atomic mass is 9.73.